The van der Waals surface area contributed by atoms with Crippen LogP contribution in [0.15, 0.2) is 24.3 Å². The number of carboxylic acid groups (broad SMARTS) is 1. The third-order valence-electron chi connectivity index (χ3n) is 1.92. The molecule has 1 aliphatic rings. The van der Waals surface area contributed by atoms with E-state index >= 15 is 0 Å². The lowest BCUT2D eigenvalue weighted by atomic mass is 10.2. The molecule has 13 heavy (non-hydrogen) atoms. The average Bonchev–Trinajstić information content (AvgIpc) is 2.17. The van der Waals surface area contributed by atoms with Crippen LogP contribution in [-0.2, 0) is 4.79 Å². The van der Waals surface area contributed by atoms with Gasteiger partial charge in [-0.3, -0.25) is 0 Å². The van der Waals surface area contributed by atoms with E-state index in [0.717, 1.165) is 5.69 Å². The van der Waals surface area contributed by atoms with Gasteiger partial charge < -0.3 is 15.2 Å². The van der Waals surface area contributed by atoms with Crippen molar-refractivity contribution in [2.45, 2.75) is 6.04 Å². The molecule has 0 fully saturated rings. The first kappa shape index (κ1) is 7.91. The number of fused-ring (bicyclic) bond motifs is 1. The zero-order valence-electron chi connectivity index (χ0n) is 6.86. The van der Waals surface area contributed by atoms with Crippen LogP contribution in [0.4, 0.5) is 5.69 Å². The summed E-state index contributed by atoms with van der Waals surface area (Å²) in [6.45, 7) is 0.173. The number of hydrogen-bond donors (Lipinski definition) is 2. The number of rotatable bonds is 1. The molecule has 2 rings (SSSR count). The first-order valence-corrected chi connectivity index (χ1v) is 3.98. The Morgan fingerprint density at radius 3 is 3.08 bits per heavy atom. The monoisotopic (exact) mass is 179 g/mol. The Hall–Kier alpha value is -1.71. The number of benzene rings is 1. The van der Waals surface area contributed by atoms with Crippen molar-refractivity contribution in [2.24, 2.45) is 0 Å². The molecule has 0 spiro atoms. The first-order valence-electron chi connectivity index (χ1n) is 3.98. The first-order chi connectivity index (χ1) is 6.27. The summed E-state index contributed by atoms with van der Waals surface area (Å²) in [5.74, 6) is -0.186. The van der Waals surface area contributed by atoms with Crippen LogP contribution in [0.5, 0.6) is 5.75 Å². The van der Waals surface area contributed by atoms with Gasteiger partial charge in [-0.05, 0) is 12.1 Å². The number of hydrogen-bond acceptors (Lipinski definition) is 3. The Morgan fingerprint density at radius 1 is 1.54 bits per heavy atom. The van der Waals surface area contributed by atoms with Crippen LogP contribution in [0.25, 0.3) is 0 Å². The average molecular weight is 179 g/mol. The molecule has 0 saturated carbocycles. The summed E-state index contributed by atoms with van der Waals surface area (Å²) >= 11 is 0. The van der Waals surface area contributed by atoms with E-state index < -0.39 is 12.0 Å². The Balaban J connectivity index is 2.24. The lowest BCUT2D eigenvalue weighted by Crippen LogP contribution is -2.38. The maximum atomic E-state index is 10.6. The lowest BCUT2D eigenvalue weighted by molar-refractivity contribution is -0.138. The number of ether oxygens (including phenoxy) is 1. The highest BCUT2D eigenvalue weighted by Gasteiger charge is 2.23. The molecule has 1 aliphatic heterocycles. The van der Waals surface area contributed by atoms with Gasteiger partial charge in [-0.25, -0.2) is 4.79 Å². The number of anilines is 1. The second kappa shape index (κ2) is 2.97. The minimum Gasteiger partial charge on any atom is -0.489 e. The minimum absolute atomic E-state index is 0.173. The van der Waals surface area contributed by atoms with E-state index in [-0.39, 0.29) is 6.61 Å². The second-order valence-corrected chi connectivity index (χ2v) is 2.84. The van der Waals surface area contributed by atoms with Crippen molar-refractivity contribution in [2.75, 3.05) is 11.9 Å². The normalized spacial score (nSPS) is 19.5. The van der Waals surface area contributed by atoms with Crippen LogP contribution in [0, 0.1) is 0 Å². The highest BCUT2D eigenvalue weighted by molar-refractivity contribution is 5.79. The number of para-hydroxylation sites is 2. The Morgan fingerprint density at radius 2 is 2.31 bits per heavy atom. The van der Waals surface area contributed by atoms with Gasteiger partial charge >= 0.3 is 5.97 Å². The summed E-state index contributed by atoms with van der Waals surface area (Å²) in [6.07, 6.45) is 0. The Labute approximate surface area is 75.1 Å². The molecule has 1 aromatic rings. The van der Waals surface area contributed by atoms with Gasteiger partial charge in [-0.15, -0.1) is 0 Å². The lowest BCUT2D eigenvalue weighted by Gasteiger charge is -2.24. The van der Waals surface area contributed by atoms with E-state index in [1.807, 2.05) is 12.1 Å². The molecule has 4 nitrogen and oxygen atoms in total. The van der Waals surface area contributed by atoms with Crippen molar-refractivity contribution in [1.82, 2.24) is 0 Å². The van der Waals surface area contributed by atoms with Crippen LogP contribution in [-0.4, -0.2) is 23.7 Å². The second-order valence-electron chi connectivity index (χ2n) is 2.84. The van der Waals surface area contributed by atoms with Crippen molar-refractivity contribution in [3.63, 3.8) is 0 Å². The quantitative estimate of drug-likeness (QED) is 0.673. The molecule has 68 valence electrons. The summed E-state index contributed by atoms with van der Waals surface area (Å²) in [5, 5.41) is 11.6. The number of carbonyl (C=O) groups is 1. The maximum absolute atomic E-state index is 10.6. The largest absolute Gasteiger partial charge is 0.489 e. The fourth-order valence-corrected chi connectivity index (χ4v) is 1.25. The molecule has 0 amide bonds. The Bertz CT molecular complexity index is 337. The number of carboxylic acids is 1. The highest BCUT2D eigenvalue weighted by atomic mass is 16.5. The molecule has 2 N–H and O–H groups in total. The van der Waals surface area contributed by atoms with E-state index in [1.165, 1.54) is 0 Å². The third-order valence-corrected chi connectivity index (χ3v) is 1.92. The van der Waals surface area contributed by atoms with E-state index in [9.17, 15) is 4.79 Å². The molecule has 4 heteroatoms. The molecular formula is C9H9NO3. The summed E-state index contributed by atoms with van der Waals surface area (Å²) in [5.41, 5.74) is 0.737. The van der Waals surface area contributed by atoms with Crippen LogP contribution in [0.1, 0.15) is 0 Å². The molecule has 0 saturated heterocycles. The van der Waals surface area contributed by atoms with Gasteiger partial charge in [0.1, 0.15) is 12.4 Å². The topological polar surface area (TPSA) is 58.6 Å². The zero-order valence-corrected chi connectivity index (χ0v) is 6.86. The highest BCUT2D eigenvalue weighted by Crippen LogP contribution is 2.27. The van der Waals surface area contributed by atoms with Gasteiger partial charge in [-0.2, -0.15) is 0 Å². The van der Waals surface area contributed by atoms with Gasteiger partial charge in [-0.1, -0.05) is 12.1 Å². The van der Waals surface area contributed by atoms with E-state index in [2.05, 4.69) is 5.32 Å². The van der Waals surface area contributed by atoms with Crippen molar-refractivity contribution >= 4 is 11.7 Å². The van der Waals surface area contributed by atoms with Gasteiger partial charge in [0, 0.05) is 0 Å². The van der Waals surface area contributed by atoms with Crippen LogP contribution >= 0.6 is 0 Å². The Kier molecular flexibility index (Phi) is 1.81. The fourth-order valence-electron chi connectivity index (χ4n) is 1.25. The molecule has 0 aromatic heterocycles. The van der Waals surface area contributed by atoms with Crippen LogP contribution < -0.4 is 10.1 Å². The molecule has 0 radical (unpaired) electrons. The predicted molar refractivity (Wildman–Crippen MR) is 47.0 cm³/mol. The summed E-state index contributed by atoms with van der Waals surface area (Å²) in [7, 11) is 0. The zero-order chi connectivity index (χ0) is 9.26. The standard InChI is InChI=1S/C9H9NO3/c11-9(12)7-5-13-8-4-2-1-3-6(8)10-7/h1-4,7,10H,5H2,(H,11,12)/t7-/m1/s1. The van der Waals surface area contributed by atoms with E-state index in [4.69, 9.17) is 9.84 Å². The van der Waals surface area contributed by atoms with Crippen molar-refractivity contribution < 1.29 is 14.6 Å². The summed E-state index contributed by atoms with van der Waals surface area (Å²) < 4.78 is 5.25. The van der Waals surface area contributed by atoms with Crippen LogP contribution in [0.2, 0.25) is 0 Å². The third kappa shape index (κ3) is 1.42. The molecule has 0 aliphatic carbocycles. The van der Waals surface area contributed by atoms with Gasteiger partial charge in [0.2, 0.25) is 0 Å². The molecule has 1 aromatic carbocycles. The van der Waals surface area contributed by atoms with Gasteiger partial charge in [0.15, 0.2) is 6.04 Å². The van der Waals surface area contributed by atoms with Crippen LogP contribution in [0.3, 0.4) is 0 Å². The van der Waals surface area contributed by atoms with Gasteiger partial charge in [0.25, 0.3) is 0 Å². The van der Waals surface area contributed by atoms with E-state index in [1.54, 1.807) is 12.1 Å². The molecule has 0 unspecified atom stereocenters. The maximum Gasteiger partial charge on any atom is 0.329 e. The smallest absolute Gasteiger partial charge is 0.329 e. The summed E-state index contributed by atoms with van der Waals surface area (Å²) in [6, 6.07) is 6.64. The predicted octanol–water partition coefficient (Wildman–Crippen LogP) is 0.944. The number of nitrogens with one attached hydrogen (secondary N) is 1. The molecule has 1 atom stereocenters. The van der Waals surface area contributed by atoms with E-state index in [0.29, 0.717) is 5.75 Å². The minimum atomic E-state index is -0.894. The van der Waals surface area contributed by atoms with Crippen molar-refractivity contribution in [3.05, 3.63) is 24.3 Å². The summed E-state index contributed by atoms with van der Waals surface area (Å²) in [4.78, 5) is 10.6. The fraction of sp³-hybridized carbons (Fsp3) is 0.222. The molecular weight excluding hydrogens is 170 g/mol. The number of aliphatic carboxylic acids is 1. The molecule has 0 bridgehead atoms. The SMILES string of the molecule is O=C(O)[C@H]1COc2ccccc2N1. The molecule has 1 heterocycles. The van der Waals surface area contributed by atoms with Crippen molar-refractivity contribution in [1.29, 1.82) is 0 Å². The van der Waals surface area contributed by atoms with Gasteiger partial charge in [0.05, 0.1) is 5.69 Å². The van der Waals surface area contributed by atoms with Crippen molar-refractivity contribution in [3.8, 4) is 5.75 Å².